The maximum absolute atomic E-state index is 12.1. The van der Waals surface area contributed by atoms with Crippen LogP contribution in [0.4, 0.5) is 5.82 Å². The van der Waals surface area contributed by atoms with E-state index in [2.05, 4.69) is 19.9 Å². The zero-order valence-electron chi connectivity index (χ0n) is 9.71. The molecule has 0 aliphatic carbocycles. The molecule has 7 nitrogen and oxygen atoms in total. The number of sulfonamides is 1. The van der Waals surface area contributed by atoms with Gasteiger partial charge in [0.2, 0.25) is 0 Å². The van der Waals surface area contributed by atoms with Crippen molar-refractivity contribution in [1.29, 1.82) is 0 Å². The highest BCUT2D eigenvalue weighted by Crippen LogP contribution is 2.15. The van der Waals surface area contributed by atoms with Gasteiger partial charge in [-0.15, -0.1) is 0 Å². The Morgan fingerprint density at radius 3 is 2.89 bits per heavy atom. The number of aryl methyl sites for hydroxylation is 1. The van der Waals surface area contributed by atoms with Crippen molar-refractivity contribution in [2.45, 2.75) is 18.5 Å². The van der Waals surface area contributed by atoms with Gasteiger partial charge in [0.15, 0.2) is 5.03 Å². The fraction of sp³-hybridized carbons (Fsp3) is 0.200. The van der Waals surface area contributed by atoms with E-state index in [1.165, 1.54) is 6.20 Å². The number of anilines is 1. The van der Waals surface area contributed by atoms with E-state index in [1.54, 1.807) is 25.1 Å². The van der Waals surface area contributed by atoms with Crippen LogP contribution >= 0.6 is 0 Å². The number of aromatic nitrogens is 3. The first-order valence-corrected chi connectivity index (χ1v) is 6.70. The van der Waals surface area contributed by atoms with E-state index in [0.717, 1.165) is 5.69 Å². The highest BCUT2D eigenvalue weighted by molar-refractivity contribution is 7.92. The monoisotopic (exact) mass is 267 g/mol. The summed E-state index contributed by atoms with van der Waals surface area (Å²) in [5, 5.41) is 6.06. The summed E-state index contributed by atoms with van der Waals surface area (Å²) in [6.07, 6.45) is 1.39. The molecule has 0 radical (unpaired) electrons. The van der Waals surface area contributed by atoms with Crippen LogP contribution in [0.15, 0.2) is 29.4 Å². The molecule has 18 heavy (non-hydrogen) atoms. The number of hydrogen-bond acceptors (Lipinski definition) is 5. The molecule has 0 atom stereocenters. The topological polar surface area (TPSA) is 114 Å². The third-order valence-corrected chi connectivity index (χ3v) is 3.66. The van der Waals surface area contributed by atoms with Crippen molar-refractivity contribution in [2.24, 2.45) is 5.73 Å². The summed E-state index contributed by atoms with van der Waals surface area (Å²) in [5.41, 5.74) is 6.59. The number of pyridine rings is 1. The Morgan fingerprint density at radius 2 is 2.22 bits per heavy atom. The first-order valence-electron chi connectivity index (χ1n) is 5.22. The molecule has 0 spiro atoms. The summed E-state index contributed by atoms with van der Waals surface area (Å²) < 4.78 is 26.5. The van der Waals surface area contributed by atoms with Gasteiger partial charge in [-0.3, -0.25) is 9.82 Å². The molecule has 0 bridgehead atoms. The van der Waals surface area contributed by atoms with Crippen LogP contribution in [-0.2, 0) is 16.6 Å². The van der Waals surface area contributed by atoms with E-state index in [0.29, 0.717) is 5.56 Å². The number of nitrogens with one attached hydrogen (secondary N) is 2. The van der Waals surface area contributed by atoms with Crippen molar-refractivity contribution < 1.29 is 8.42 Å². The van der Waals surface area contributed by atoms with Crippen LogP contribution in [0, 0.1) is 6.92 Å². The summed E-state index contributed by atoms with van der Waals surface area (Å²) in [5.74, 6) is 0.257. The van der Waals surface area contributed by atoms with Crippen molar-refractivity contribution in [1.82, 2.24) is 15.2 Å². The summed E-state index contributed by atoms with van der Waals surface area (Å²) in [6.45, 7) is 1.87. The van der Waals surface area contributed by atoms with Crippen molar-refractivity contribution in [3.05, 3.63) is 35.7 Å². The lowest BCUT2D eigenvalue weighted by molar-refractivity contribution is 0.595. The van der Waals surface area contributed by atoms with E-state index in [9.17, 15) is 8.42 Å². The number of H-pyrrole nitrogens is 1. The molecular weight excluding hydrogens is 254 g/mol. The number of nitrogens with zero attached hydrogens (tertiary/aromatic N) is 2. The number of nitrogens with two attached hydrogens (primary N) is 1. The second-order valence-corrected chi connectivity index (χ2v) is 5.32. The van der Waals surface area contributed by atoms with Gasteiger partial charge in [-0.25, -0.2) is 4.98 Å². The SMILES string of the molecule is Cc1cccc(NS(=O)(=O)c2[nH]ncc2CN)n1. The van der Waals surface area contributed by atoms with Gasteiger partial charge < -0.3 is 5.73 Å². The zero-order chi connectivity index (χ0) is 13.2. The maximum atomic E-state index is 12.1. The molecule has 0 aliphatic rings. The second kappa shape index (κ2) is 4.75. The minimum absolute atomic E-state index is 0.0340. The quantitative estimate of drug-likeness (QED) is 0.740. The first-order chi connectivity index (χ1) is 8.53. The molecule has 2 aromatic heterocycles. The molecule has 96 valence electrons. The fourth-order valence-corrected chi connectivity index (χ4v) is 2.61. The van der Waals surface area contributed by atoms with Gasteiger partial charge >= 0.3 is 0 Å². The zero-order valence-corrected chi connectivity index (χ0v) is 10.5. The predicted molar refractivity (Wildman–Crippen MR) is 66.3 cm³/mol. The van der Waals surface area contributed by atoms with E-state index in [1.807, 2.05) is 0 Å². The molecule has 8 heteroatoms. The number of aromatic amines is 1. The molecule has 0 amide bonds. The molecule has 0 saturated carbocycles. The lowest BCUT2D eigenvalue weighted by Gasteiger charge is -2.07. The fourth-order valence-electron chi connectivity index (χ4n) is 1.47. The summed E-state index contributed by atoms with van der Waals surface area (Å²) in [7, 11) is -3.74. The maximum Gasteiger partial charge on any atom is 0.280 e. The molecular formula is C10H13N5O2S. The van der Waals surface area contributed by atoms with Crippen molar-refractivity contribution >= 4 is 15.8 Å². The second-order valence-electron chi connectivity index (χ2n) is 3.70. The molecule has 0 unspecified atom stereocenters. The smallest absolute Gasteiger partial charge is 0.280 e. The van der Waals surface area contributed by atoms with Crippen molar-refractivity contribution in [3.8, 4) is 0 Å². The Balaban J connectivity index is 2.33. The Kier molecular flexibility index (Phi) is 3.30. The van der Waals surface area contributed by atoms with E-state index in [-0.39, 0.29) is 17.4 Å². The molecule has 2 aromatic rings. The van der Waals surface area contributed by atoms with Crippen LogP contribution in [0.2, 0.25) is 0 Å². The van der Waals surface area contributed by atoms with Crippen LogP contribution in [-0.4, -0.2) is 23.6 Å². The largest absolute Gasteiger partial charge is 0.326 e. The summed E-state index contributed by atoms with van der Waals surface area (Å²) in [4.78, 5) is 4.07. The van der Waals surface area contributed by atoms with Crippen LogP contribution in [0.25, 0.3) is 0 Å². The minimum atomic E-state index is -3.74. The van der Waals surface area contributed by atoms with Crippen LogP contribution in [0.3, 0.4) is 0 Å². The Hall–Kier alpha value is -1.93. The Labute approximate surface area is 104 Å². The third-order valence-electron chi connectivity index (χ3n) is 2.29. The lowest BCUT2D eigenvalue weighted by atomic mass is 10.4. The van der Waals surface area contributed by atoms with Gasteiger partial charge in [0.05, 0.1) is 6.20 Å². The predicted octanol–water partition coefficient (Wildman–Crippen LogP) is 0.373. The summed E-state index contributed by atoms with van der Waals surface area (Å²) >= 11 is 0. The Bertz CT molecular complexity index is 650. The third kappa shape index (κ3) is 2.49. The van der Waals surface area contributed by atoms with Gasteiger partial charge in [-0.05, 0) is 19.1 Å². The van der Waals surface area contributed by atoms with Gasteiger partial charge in [0, 0.05) is 17.8 Å². The molecule has 2 rings (SSSR count). The average Bonchev–Trinajstić information content (AvgIpc) is 2.77. The summed E-state index contributed by atoms with van der Waals surface area (Å²) in [6, 6.07) is 5.07. The van der Waals surface area contributed by atoms with Crippen LogP contribution in [0.1, 0.15) is 11.3 Å². The average molecular weight is 267 g/mol. The van der Waals surface area contributed by atoms with Gasteiger partial charge in [-0.1, -0.05) is 6.07 Å². The Morgan fingerprint density at radius 1 is 1.44 bits per heavy atom. The molecule has 2 heterocycles. The normalized spacial score (nSPS) is 11.4. The van der Waals surface area contributed by atoms with Crippen LogP contribution in [0.5, 0.6) is 0 Å². The molecule has 0 saturated heterocycles. The van der Waals surface area contributed by atoms with Crippen molar-refractivity contribution in [2.75, 3.05) is 4.72 Å². The van der Waals surface area contributed by atoms with E-state index < -0.39 is 10.0 Å². The number of rotatable bonds is 4. The highest BCUT2D eigenvalue weighted by Gasteiger charge is 2.20. The van der Waals surface area contributed by atoms with Gasteiger partial charge in [-0.2, -0.15) is 13.5 Å². The molecule has 4 N–H and O–H groups in total. The van der Waals surface area contributed by atoms with Crippen LogP contribution < -0.4 is 10.5 Å². The first kappa shape index (κ1) is 12.5. The minimum Gasteiger partial charge on any atom is -0.326 e. The lowest BCUT2D eigenvalue weighted by Crippen LogP contribution is -2.17. The van der Waals surface area contributed by atoms with E-state index in [4.69, 9.17) is 5.73 Å². The van der Waals surface area contributed by atoms with Gasteiger partial charge in [0.1, 0.15) is 5.82 Å². The molecule has 0 fully saturated rings. The van der Waals surface area contributed by atoms with E-state index >= 15 is 0 Å². The number of hydrogen-bond donors (Lipinski definition) is 3. The molecule has 0 aromatic carbocycles. The highest BCUT2D eigenvalue weighted by atomic mass is 32.2. The standard InChI is InChI=1S/C10H13N5O2S/c1-7-3-2-4-9(13-7)15-18(16,17)10-8(5-11)6-12-14-10/h2-4,6H,5,11H2,1H3,(H,12,14)(H,13,15). The molecule has 0 aliphatic heterocycles. The van der Waals surface area contributed by atoms with Gasteiger partial charge in [0.25, 0.3) is 10.0 Å². The van der Waals surface area contributed by atoms with Crippen molar-refractivity contribution in [3.63, 3.8) is 0 Å².